The lowest BCUT2D eigenvalue weighted by molar-refractivity contribution is -0.122. The van der Waals surface area contributed by atoms with E-state index in [9.17, 15) is 9.59 Å². The standard InChI is InChI=1S/C19H23N3O2/c1-13-7-8-16(14(2)11-13)17-9-10-19(24)22(21-17)12-18(23)20-15-5-3-4-6-15/h7-11,15H,3-6,12H2,1-2H3,(H,20,23). The second-order valence-electron chi connectivity index (χ2n) is 6.58. The van der Waals surface area contributed by atoms with Gasteiger partial charge in [0.25, 0.3) is 5.56 Å². The first kappa shape index (κ1) is 16.4. The number of aromatic nitrogens is 2. The average Bonchev–Trinajstić information content (AvgIpc) is 3.02. The molecule has 1 amide bonds. The van der Waals surface area contributed by atoms with E-state index in [2.05, 4.69) is 16.5 Å². The van der Waals surface area contributed by atoms with E-state index >= 15 is 0 Å². The Morgan fingerprint density at radius 3 is 2.67 bits per heavy atom. The van der Waals surface area contributed by atoms with Gasteiger partial charge in [0.2, 0.25) is 5.91 Å². The lowest BCUT2D eigenvalue weighted by atomic mass is 10.0. The molecule has 5 heteroatoms. The summed E-state index contributed by atoms with van der Waals surface area (Å²) in [6, 6.07) is 9.54. The zero-order chi connectivity index (χ0) is 17.1. The quantitative estimate of drug-likeness (QED) is 0.940. The Kier molecular flexibility index (Phi) is 4.79. The number of nitrogens with zero attached hydrogens (tertiary/aromatic N) is 2. The van der Waals surface area contributed by atoms with Crippen molar-refractivity contribution in [3.05, 3.63) is 51.8 Å². The van der Waals surface area contributed by atoms with Crippen molar-refractivity contribution in [1.82, 2.24) is 15.1 Å². The van der Waals surface area contributed by atoms with Crippen LogP contribution in [0.25, 0.3) is 11.3 Å². The summed E-state index contributed by atoms with van der Waals surface area (Å²) in [5, 5.41) is 7.38. The van der Waals surface area contributed by atoms with Gasteiger partial charge in [-0.1, -0.05) is 36.6 Å². The van der Waals surface area contributed by atoms with E-state index in [1.54, 1.807) is 6.07 Å². The fourth-order valence-corrected chi connectivity index (χ4v) is 3.29. The van der Waals surface area contributed by atoms with E-state index in [-0.39, 0.29) is 24.1 Å². The first-order chi connectivity index (χ1) is 11.5. The van der Waals surface area contributed by atoms with Gasteiger partial charge in [0, 0.05) is 17.7 Å². The maximum atomic E-state index is 12.2. The van der Waals surface area contributed by atoms with Gasteiger partial charge in [0.15, 0.2) is 0 Å². The molecule has 0 bridgehead atoms. The van der Waals surface area contributed by atoms with Crippen LogP contribution in [0.3, 0.4) is 0 Å². The zero-order valence-electron chi connectivity index (χ0n) is 14.2. The van der Waals surface area contributed by atoms with Crippen LogP contribution in [0.5, 0.6) is 0 Å². The predicted octanol–water partition coefficient (Wildman–Crippen LogP) is 2.59. The smallest absolute Gasteiger partial charge is 0.267 e. The molecule has 1 aliphatic carbocycles. The van der Waals surface area contributed by atoms with Crippen LogP contribution in [0.2, 0.25) is 0 Å². The predicted molar refractivity (Wildman–Crippen MR) is 93.8 cm³/mol. The van der Waals surface area contributed by atoms with Gasteiger partial charge in [0.1, 0.15) is 6.54 Å². The van der Waals surface area contributed by atoms with Crippen LogP contribution in [0.4, 0.5) is 0 Å². The summed E-state index contributed by atoms with van der Waals surface area (Å²) in [5.74, 6) is -0.144. The Balaban J connectivity index is 1.81. The monoisotopic (exact) mass is 325 g/mol. The van der Waals surface area contributed by atoms with E-state index in [0.29, 0.717) is 5.69 Å². The molecule has 1 aromatic heterocycles. The van der Waals surface area contributed by atoms with Gasteiger partial charge in [-0.3, -0.25) is 9.59 Å². The molecule has 1 aliphatic rings. The van der Waals surface area contributed by atoms with Crippen LogP contribution in [-0.4, -0.2) is 21.7 Å². The molecule has 0 spiro atoms. The Hall–Kier alpha value is -2.43. The highest BCUT2D eigenvalue weighted by molar-refractivity contribution is 5.76. The fourth-order valence-electron chi connectivity index (χ4n) is 3.29. The lowest BCUT2D eigenvalue weighted by Gasteiger charge is -2.13. The SMILES string of the molecule is Cc1ccc(-c2ccc(=O)n(CC(=O)NC3CCCC3)n2)c(C)c1. The van der Waals surface area contributed by atoms with Crippen molar-refractivity contribution in [3.8, 4) is 11.3 Å². The van der Waals surface area contributed by atoms with Crippen molar-refractivity contribution in [1.29, 1.82) is 0 Å². The van der Waals surface area contributed by atoms with Crippen molar-refractivity contribution >= 4 is 5.91 Å². The van der Waals surface area contributed by atoms with E-state index in [0.717, 1.165) is 36.8 Å². The van der Waals surface area contributed by atoms with Gasteiger partial charge < -0.3 is 5.32 Å². The minimum atomic E-state index is -0.259. The number of aryl methyl sites for hydroxylation is 2. The largest absolute Gasteiger partial charge is 0.352 e. The molecule has 1 N–H and O–H groups in total. The summed E-state index contributed by atoms with van der Waals surface area (Å²) in [5.41, 5.74) is 3.71. The number of carbonyl (C=O) groups is 1. The number of rotatable bonds is 4. The maximum absolute atomic E-state index is 12.2. The molecule has 1 fully saturated rings. The van der Waals surface area contributed by atoms with Gasteiger partial charge in [-0.25, -0.2) is 4.68 Å². The molecule has 0 aliphatic heterocycles. The molecule has 5 nitrogen and oxygen atoms in total. The van der Waals surface area contributed by atoms with Crippen molar-refractivity contribution in [2.75, 3.05) is 0 Å². The molecule has 0 atom stereocenters. The molecule has 1 heterocycles. The van der Waals surface area contributed by atoms with Crippen LogP contribution in [-0.2, 0) is 11.3 Å². The number of benzene rings is 1. The highest BCUT2D eigenvalue weighted by Crippen LogP contribution is 2.21. The minimum absolute atomic E-state index is 0.0336. The van der Waals surface area contributed by atoms with Gasteiger partial charge >= 0.3 is 0 Å². The fraction of sp³-hybridized carbons (Fsp3) is 0.421. The van der Waals surface area contributed by atoms with E-state index in [4.69, 9.17) is 0 Å². The molecule has 0 saturated heterocycles. The number of carbonyl (C=O) groups excluding carboxylic acids is 1. The van der Waals surface area contributed by atoms with E-state index in [1.165, 1.54) is 16.3 Å². The Bertz CT molecular complexity index is 804. The highest BCUT2D eigenvalue weighted by Gasteiger charge is 2.18. The van der Waals surface area contributed by atoms with Crippen molar-refractivity contribution in [2.24, 2.45) is 0 Å². The maximum Gasteiger partial charge on any atom is 0.267 e. The number of amides is 1. The van der Waals surface area contributed by atoms with E-state index < -0.39 is 0 Å². The molecule has 0 radical (unpaired) electrons. The zero-order valence-corrected chi connectivity index (χ0v) is 14.2. The van der Waals surface area contributed by atoms with Gasteiger partial charge in [-0.05, 0) is 38.3 Å². The Labute approximate surface area is 141 Å². The summed E-state index contributed by atoms with van der Waals surface area (Å²) in [6.07, 6.45) is 4.37. The van der Waals surface area contributed by atoms with Gasteiger partial charge in [-0.2, -0.15) is 5.10 Å². The Morgan fingerprint density at radius 1 is 1.21 bits per heavy atom. The second kappa shape index (κ2) is 6.99. The first-order valence-electron chi connectivity index (χ1n) is 8.48. The van der Waals surface area contributed by atoms with Crippen LogP contribution in [0.1, 0.15) is 36.8 Å². The van der Waals surface area contributed by atoms with Crippen molar-refractivity contribution in [3.63, 3.8) is 0 Å². The summed E-state index contributed by atoms with van der Waals surface area (Å²) in [7, 11) is 0. The first-order valence-corrected chi connectivity index (χ1v) is 8.48. The molecule has 126 valence electrons. The molecule has 2 aromatic rings. The molecule has 1 saturated carbocycles. The van der Waals surface area contributed by atoms with Crippen LogP contribution in [0, 0.1) is 13.8 Å². The third kappa shape index (κ3) is 3.72. The summed E-state index contributed by atoms with van der Waals surface area (Å²) in [4.78, 5) is 24.2. The molecular weight excluding hydrogens is 302 g/mol. The number of hydrogen-bond donors (Lipinski definition) is 1. The van der Waals surface area contributed by atoms with E-state index in [1.807, 2.05) is 26.0 Å². The van der Waals surface area contributed by atoms with Crippen LogP contribution < -0.4 is 10.9 Å². The average molecular weight is 325 g/mol. The summed E-state index contributed by atoms with van der Waals surface area (Å²) in [6.45, 7) is 4.03. The minimum Gasteiger partial charge on any atom is -0.352 e. The molecule has 3 rings (SSSR count). The summed E-state index contributed by atoms with van der Waals surface area (Å²) < 4.78 is 1.25. The number of nitrogens with one attached hydrogen (secondary N) is 1. The number of hydrogen-bond acceptors (Lipinski definition) is 3. The molecule has 24 heavy (non-hydrogen) atoms. The van der Waals surface area contributed by atoms with Crippen LogP contribution in [0.15, 0.2) is 35.1 Å². The topological polar surface area (TPSA) is 64.0 Å². The van der Waals surface area contributed by atoms with Gasteiger partial charge in [0.05, 0.1) is 5.69 Å². The molecule has 1 aromatic carbocycles. The van der Waals surface area contributed by atoms with Gasteiger partial charge in [-0.15, -0.1) is 0 Å². The second-order valence-corrected chi connectivity index (χ2v) is 6.58. The normalized spacial score (nSPS) is 14.8. The summed E-state index contributed by atoms with van der Waals surface area (Å²) >= 11 is 0. The molecular formula is C19H23N3O2. The highest BCUT2D eigenvalue weighted by atomic mass is 16.2. The van der Waals surface area contributed by atoms with Crippen LogP contribution >= 0.6 is 0 Å². The Morgan fingerprint density at radius 2 is 1.96 bits per heavy atom. The third-order valence-electron chi connectivity index (χ3n) is 4.54. The molecule has 0 unspecified atom stereocenters. The van der Waals surface area contributed by atoms with Crippen molar-refractivity contribution < 1.29 is 4.79 Å². The van der Waals surface area contributed by atoms with Crippen molar-refractivity contribution in [2.45, 2.75) is 52.1 Å². The third-order valence-corrected chi connectivity index (χ3v) is 4.54. The lowest BCUT2D eigenvalue weighted by Crippen LogP contribution is -2.38.